The standard InChI is InChI=1S/C11H12O2/c12-10-6-9(7-11(10)13)8-4-2-1-3-5-8/h1-6,10-13H,7H2. The largest absolute Gasteiger partial charge is 0.390 e. The average molecular weight is 176 g/mol. The number of benzene rings is 1. The molecule has 2 N–H and O–H groups in total. The molecule has 2 atom stereocenters. The summed E-state index contributed by atoms with van der Waals surface area (Å²) in [5.74, 6) is 0. The molecule has 0 amide bonds. The number of hydrogen-bond donors (Lipinski definition) is 2. The van der Waals surface area contributed by atoms with Crippen molar-refractivity contribution in [2.24, 2.45) is 0 Å². The Balaban J connectivity index is 2.25. The summed E-state index contributed by atoms with van der Waals surface area (Å²) in [7, 11) is 0. The van der Waals surface area contributed by atoms with E-state index in [0.29, 0.717) is 6.42 Å². The molecule has 0 fully saturated rings. The lowest BCUT2D eigenvalue weighted by atomic mass is 10.1. The number of aliphatic hydroxyl groups excluding tert-OH is 2. The van der Waals surface area contributed by atoms with Crippen LogP contribution in [0.5, 0.6) is 0 Å². The zero-order valence-corrected chi connectivity index (χ0v) is 7.22. The van der Waals surface area contributed by atoms with Gasteiger partial charge in [-0.3, -0.25) is 0 Å². The number of rotatable bonds is 1. The van der Waals surface area contributed by atoms with Gasteiger partial charge in [-0.15, -0.1) is 0 Å². The van der Waals surface area contributed by atoms with Crippen molar-refractivity contribution in [1.29, 1.82) is 0 Å². The molecule has 68 valence electrons. The van der Waals surface area contributed by atoms with E-state index < -0.39 is 12.2 Å². The minimum Gasteiger partial charge on any atom is -0.390 e. The molecule has 0 saturated heterocycles. The number of hydrogen-bond acceptors (Lipinski definition) is 2. The highest BCUT2D eigenvalue weighted by atomic mass is 16.3. The molecule has 0 heterocycles. The van der Waals surface area contributed by atoms with Gasteiger partial charge in [-0.2, -0.15) is 0 Å². The van der Waals surface area contributed by atoms with Crippen LogP contribution in [-0.2, 0) is 0 Å². The molecule has 13 heavy (non-hydrogen) atoms. The zero-order chi connectivity index (χ0) is 9.26. The summed E-state index contributed by atoms with van der Waals surface area (Å²) in [6.07, 6.45) is 0.941. The summed E-state index contributed by atoms with van der Waals surface area (Å²) >= 11 is 0. The Labute approximate surface area is 77.1 Å². The fraction of sp³-hybridized carbons (Fsp3) is 0.273. The van der Waals surface area contributed by atoms with Crippen LogP contribution in [0.25, 0.3) is 5.57 Å². The Morgan fingerprint density at radius 1 is 1.08 bits per heavy atom. The molecular weight excluding hydrogens is 164 g/mol. The maximum absolute atomic E-state index is 9.33. The van der Waals surface area contributed by atoms with Gasteiger partial charge in [0.1, 0.15) is 0 Å². The molecule has 0 bridgehead atoms. The van der Waals surface area contributed by atoms with Crippen LogP contribution in [0.2, 0.25) is 0 Å². The second-order valence-corrected chi connectivity index (χ2v) is 3.32. The lowest BCUT2D eigenvalue weighted by molar-refractivity contribution is 0.0615. The molecular formula is C11H12O2. The lowest BCUT2D eigenvalue weighted by Crippen LogP contribution is -2.17. The van der Waals surface area contributed by atoms with Crippen molar-refractivity contribution in [3.63, 3.8) is 0 Å². The maximum Gasteiger partial charge on any atom is 0.0989 e. The topological polar surface area (TPSA) is 40.5 Å². The highest BCUT2D eigenvalue weighted by molar-refractivity contribution is 5.68. The lowest BCUT2D eigenvalue weighted by Gasteiger charge is -2.05. The third kappa shape index (κ3) is 1.64. The van der Waals surface area contributed by atoms with Crippen molar-refractivity contribution in [1.82, 2.24) is 0 Å². The van der Waals surface area contributed by atoms with E-state index in [-0.39, 0.29) is 0 Å². The first-order valence-electron chi connectivity index (χ1n) is 4.39. The molecule has 1 aliphatic rings. The average Bonchev–Trinajstić information content (AvgIpc) is 2.49. The second kappa shape index (κ2) is 3.32. The Morgan fingerprint density at radius 2 is 1.77 bits per heavy atom. The maximum atomic E-state index is 9.33. The van der Waals surface area contributed by atoms with E-state index in [2.05, 4.69) is 0 Å². The second-order valence-electron chi connectivity index (χ2n) is 3.32. The van der Waals surface area contributed by atoms with Crippen molar-refractivity contribution in [2.75, 3.05) is 0 Å². The van der Waals surface area contributed by atoms with Crippen molar-refractivity contribution in [3.8, 4) is 0 Å². The molecule has 1 aromatic rings. The van der Waals surface area contributed by atoms with Crippen LogP contribution in [0.3, 0.4) is 0 Å². The summed E-state index contributed by atoms with van der Waals surface area (Å²) in [6, 6.07) is 9.82. The van der Waals surface area contributed by atoms with Crippen molar-refractivity contribution >= 4 is 5.57 Å². The summed E-state index contributed by atoms with van der Waals surface area (Å²) in [5.41, 5.74) is 2.11. The Hall–Kier alpha value is -1.12. The summed E-state index contributed by atoms with van der Waals surface area (Å²) < 4.78 is 0. The molecule has 2 rings (SSSR count). The first kappa shape index (κ1) is 8.48. The van der Waals surface area contributed by atoms with Crippen LogP contribution < -0.4 is 0 Å². The van der Waals surface area contributed by atoms with E-state index in [0.717, 1.165) is 11.1 Å². The van der Waals surface area contributed by atoms with E-state index >= 15 is 0 Å². The predicted octanol–water partition coefficient (Wildman–Crippen LogP) is 1.20. The third-order valence-electron chi connectivity index (χ3n) is 2.34. The van der Waals surface area contributed by atoms with Crippen molar-refractivity contribution < 1.29 is 10.2 Å². The van der Waals surface area contributed by atoms with E-state index in [1.807, 2.05) is 30.3 Å². The summed E-state index contributed by atoms with van der Waals surface area (Å²) in [5, 5.41) is 18.6. The fourth-order valence-corrected chi connectivity index (χ4v) is 1.60. The Morgan fingerprint density at radius 3 is 2.31 bits per heavy atom. The minimum atomic E-state index is -0.699. The Bertz CT molecular complexity index is 316. The summed E-state index contributed by atoms with van der Waals surface area (Å²) in [6.45, 7) is 0. The molecule has 1 aromatic carbocycles. The SMILES string of the molecule is OC1C=C(c2ccccc2)CC1O. The van der Waals surface area contributed by atoms with Gasteiger partial charge in [0.15, 0.2) is 0 Å². The minimum absolute atomic E-state index is 0.547. The van der Waals surface area contributed by atoms with Crippen molar-refractivity contribution in [3.05, 3.63) is 42.0 Å². The molecule has 1 aliphatic carbocycles. The molecule has 2 unspecified atom stereocenters. The molecule has 2 nitrogen and oxygen atoms in total. The molecule has 0 aliphatic heterocycles. The van der Waals surface area contributed by atoms with Gasteiger partial charge in [-0.1, -0.05) is 30.3 Å². The van der Waals surface area contributed by atoms with Crippen LogP contribution in [0.4, 0.5) is 0 Å². The van der Waals surface area contributed by atoms with Crippen LogP contribution >= 0.6 is 0 Å². The predicted molar refractivity (Wildman–Crippen MR) is 51.0 cm³/mol. The first-order valence-corrected chi connectivity index (χ1v) is 4.39. The van der Waals surface area contributed by atoms with Gasteiger partial charge < -0.3 is 10.2 Å². The first-order chi connectivity index (χ1) is 6.27. The van der Waals surface area contributed by atoms with Gasteiger partial charge in [-0.05, 0) is 17.2 Å². The molecule has 2 heteroatoms. The normalized spacial score (nSPS) is 27.4. The summed E-state index contributed by atoms with van der Waals surface area (Å²) in [4.78, 5) is 0. The number of aliphatic hydroxyl groups is 2. The van der Waals surface area contributed by atoms with E-state index in [1.165, 1.54) is 0 Å². The fourth-order valence-electron chi connectivity index (χ4n) is 1.60. The molecule has 0 spiro atoms. The third-order valence-corrected chi connectivity index (χ3v) is 2.34. The smallest absolute Gasteiger partial charge is 0.0989 e. The van der Waals surface area contributed by atoms with E-state index in [1.54, 1.807) is 6.08 Å². The Kier molecular flexibility index (Phi) is 2.17. The van der Waals surface area contributed by atoms with Crippen LogP contribution in [-0.4, -0.2) is 22.4 Å². The van der Waals surface area contributed by atoms with Gasteiger partial charge in [0.2, 0.25) is 0 Å². The van der Waals surface area contributed by atoms with E-state index in [9.17, 15) is 10.2 Å². The van der Waals surface area contributed by atoms with Crippen LogP contribution in [0, 0.1) is 0 Å². The van der Waals surface area contributed by atoms with Crippen molar-refractivity contribution in [2.45, 2.75) is 18.6 Å². The van der Waals surface area contributed by atoms with Gasteiger partial charge >= 0.3 is 0 Å². The van der Waals surface area contributed by atoms with Crippen LogP contribution in [0.1, 0.15) is 12.0 Å². The van der Waals surface area contributed by atoms with Crippen LogP contribution in [0.15, 0.2) is 36.4 Å². The molecule has 0 saturated carbocycles. The highest BCUT2D eigenvalue weighted by Crippen LogP contribution is 2.27. The zero-order valence-electron chi connectivity index (χ0n) is 7.22. The van der Waals surface area contributed by atoms with Gasteiger partial charge in [0.05, 0.1) is 12.2 Å². The molecule has 0 radical (unpaired) electrons. The molecule has 0 aromatic heterocycles. The highest BCUT2D eigenvalue weighted by Gasteiger charge is 2.23. The quantitative estimate of drug-likeness (QED) is 0.675. The van der Waals surface area contributed by atoms with Gasteiger partial charge in [0.25, 0.3) is 0 Å². The van der Waals surface area contributed by atoms with Gasteiger partial charge in [-0.25, -0.2) is 0 Å². The monoisotopic (exact) mass is 176 g/mol. The van der Waals surface area contributed by atoms with E-state index in [4.69, 9.17) is 0 Å². The van der Waals surface area contributed by atoms with Gasteiger partial charge in [0, 0.05) is 6.42 Å².